The fourth-order valence-electron chi connectivity index (χ4n) is 4.82. The van der Waals surface area contributed by atoms with Gasteiger partial charge in [0.25, 0.3) is 0 Å². The molecule has 1 fully saturated rings. The van der Waals surface area contributed by atoms with E-state index in [1.165, 1.54) is 0 Å². The molecule has 3 rings (SSSR count). The summed E-state index contributed by atoms with van der Waals surface area (Å²) >= 11 is 6.98. The van der Waals surface area contributed by atoms with Gasteiger partial charge in [-0.15, -0.1) is 6.58 Å². The Bertz CT molecular complexity index is 1050. The Labute approximate surface area is 244 Å². The minimum atomic E-state index is -0.109. The molecule has 206 valence electrons. The predicted molar refractivity (Wildman–Crippen MR) is 160 cm³/mol. The highest BCUT2D eigenvalue weighted by molar-refractivity contribution is 9.10. The van der Waals surface area contributed by atoms with Crippen molar-refractivity contribution < 1.29 is 14.3 Å². The summed E-state index contributed by atoms with van der Waals surface area (Å²) in [6, 6.07) is 16.3. The molecule has 2 aromatic rings. The number of carbonyl (C=O) groups is 2. The van der Waals surface area contributed by atoms with E-state index in [1.54, 1.807) is 0 Å². The molecule has 6 nitrogen and oxygen atoms in total. The van der Waals surface area contributed by atoms with E-state index in [4.69, 9.17) is 4.74 Å². The Hall–Kier alpha value is -2.16. The third-order valence-corrected chi connectivity index (χ3v) is 8.25. The van der Waals surface area contributed by atoms with Crippen molar-refractivity contribution in [1.82, 2.24) is 15.1 Å². The number of benzene rings is 2. The lowest BCUT2D eigenvalue weighted by Crippen LogP contribution is -2.51. The number of allylic oxidation sites excluding steroid dienone is 1. The highest BCUT2D eigenvalue weighted by Crippen LogP contribution is 2.35. The maximum Gasteiger partial charge on any atom is 0.242 e. The van der Waals surface area contributed by atoms with Crippen molar-refractivity contribution in [2.45, 2.75) is 45.8 Å². The number of hydrogen-bond acceptors (Lipinski definition) is 4. The SMILES string of the molecule is C=CCC(CC)(CCBr)CC(=O)NCC(=O)N1CCN(Cc2ccccc2OCc2ccc(Br)cc2)CC1. The molecule has 0 bridgehead atoms. The number of nitrogens with one attached hydrogen (secondary N) is 1. The topological polar surface area (TPSA) is 61.9 Å². The van der Waals surface area contributed by atoms with Crippen molar-refractivity contribution in [3.8, 4) is 5.75 Å². The van der Waals surface area contributed by atoms with E-state index in [0.29, 0.717) is 26.1 Å². The average Bonchev–Trinajstić information content (AvgIpc) is 2.93. The summed E-state index contributed by atoms with van der Waals surface area (Å²) in [5.74, 6) is 0.792. The molecular formula is C30H39Br2N3O3. The molecule has 8 heteroatoms. The number of amides is 2. The van der Waals surface area contributed by atoms with Crippen LogP contribution in [0.2, 0.25) is 0 Å². The Morgan fingerprint density at radius 1 is 1.11 bits per heavy atom. The van der Waals surface area contributed by atoms with Crippen LogP contribution in [0.4, 0.5) is 0 Å². The molecular weight excluding hydrogens is 610 g/mol. The van der Waals surface area contributed by atoms with Crippen LogP contribution in [0.15, 0.2) is 65.7 Å². The Kier molecular flexibility index (Phi) is 12.3. The Balaban J connectivity index is 1.45. The van der Waals surface area contributed by atoms with Crippen LogP contribution in [0.25, 0.3) is 0 Å². The second-order valence-electron chi connectivity index (χ2n) is 9.92. The lowest BCUT2D eigenvalue weighted by atomic mass is 9.76. The van der Waals surface area contributed by atoms with E-state index < -0.39 is 0 Å². The Morgan fingerprint density at radius 3 is 2.47 bits per heavy atom. The quantitative estimate of drug-likeness (QED) is 0.204. The molecule has 0 radical (unpaired) electrons. The van der Waals surface area contributed by atoms with Crippen LogP contribution in [0, 0.1) is 5.41 Å². The van der Waals surface area contributed by atoms with Gasteiger partial charge in [0.2, 0.25) is 11.8 Å². The van der Waals surface area contributed by atoms with Gasteiger partial charge >= 0.3 is 0 Å². The van der Waals surface area contributed by atoms with Gasteiger partial charge in [-0.05, 0) is 48.4 Å². The van der Waals surface area contributed by atoms with Gasteiger partial charge in [-0.25, -0.2) is 0 Å². The number of ether oxygens (including phenoxy) is 1. The molecule has 38 heavy (non-hydrogen) atoms. The van der Waals surface area contributed by atoms with Crippen molar-refractivity contribution in [2.24, 2.45) is 5.41 Å². The molecule has 1 heterocycles. The highest BCUT2D eigenvalue weighted by Gasteiger charge is 2.30. The summed E-state index contributed by atoms with van der Waals surface area (Å²) in [5.41, 5.74) is 2.15. The average molecular weight is 649 g/mol. The third-order valence-electron chi connectivity index (χ3n) is 7.32. The molecule has 1 saturated heterocycles. The van der Waals surface area contributed by atoms with E-state index in [0.717, 1.165) is 65.6 Å². The number of carbonyl (C=O) groups excluding carboxylic acids is 2. The Morgan fingerprint density at radius 2 is 1.82 bits per heavy atom. The van der Waals surface area contributed by atoms with E-state index in [2.05, 4.69) is 73.8 Å². The molecule has 1 aliphatic rings. The standard InChI is InChI=1S/C30H39Br2N3O3/c1-3-13-30(4-2,14-15-31)20-28(36)33-21-29(37)35-18-16-34(17-19-35)22-25-7-5-6-8-27(25)38-23-24-9-11-26(32)12-10-24/h3,5-12H,1,4,13-23H2,2H3,(H,33,36). The minimum absolute atomic E-state index is 0.0254. The lowest BCUT2D eigenvalue weighted by Gasteiger charge is -2.35. The van der Waals surface area contributed by atoms with Crippen LogP contribution in [-0.2, 0) is 22.7 Å². The summed E-state index contributed by atoms with van der Waals surface area (Å²) in [5, 5.41) is 3.70. The molecule has 0 spiro atoms. The van der Waals surface area contributed by atoms with Crippen LogP contribution in [-0.4, -0.2) is 59.7 Å². The van der Waals surface area contributed by atoms with Gasteiger partial charge in [0.1, 0.15) is 12.4 Å². The van der Waals surface area contributed by atoms with Gasteiger partial charge in [-0.2, -0.15) is 0 Å². The van der Waals surface area contributed by atoms with E-state index in [9.17, 15) is 9.59 Å². The molecule has 2 amide bonds. The smallest absolute Gasteiger partial charge is 0.242 e. The van der Waals surface area contributed by atoms with Crippen molar-refractivity contribution in [3.63, 3.8) is 0 Å². The lowest BCUT2D eigenvalue weighted by molar-refractivity contribution is -0.134. The fourth-order valence-corrected chi connectivity index (χ4v) is 5.92. The number of para-hydroxylation sites is 1. The third kappa shape index (κ3) is 9.24. The molecule has 1 aliphatic heterocycles. The van der Waals surface area contributed by atoms with Crippen LogP contribution in [0.1, 0.15) is 43.7 Å². The predicted octanol–water partition coefficient (Wildman–Crippen LogP) is 5.94. The van der Waals surface area contributed by atoms with Gasteiger partial charge < -0.3 is 15.0 Å². The zero-order valence-electron chi connectivity index (χ0n) is 22.3. The van der Waals surface area contributed by atoms with Crippen molar-refractivity contribution in [3.05, 3.63) is 76.8 Å². The van der Waals surface area contributed by atoms with Gasteiger partial charge in [0, 0.05) is 54.5 Å². The fraction of sp³-hybridized carbons (Fsp3) is 0.467. The summed E-state index contributed by atoms with van der Waals surface area (Å²) < 4.78 is 7.19. The van der Waals surface area contributed by atoms with Crippen molar-refractivity contribution >= 4 is 43.7 Å². The maximum atomic E-state index is 12.8. The zero-order chi connectivity index (χ0) is 27.4. The largest absolute Gasteiger partial charge is 0.489 e. The highest BCUT2D eigenvalue weighted by atomic mass is 79.9. The van der Waals surface area contributed by atoms with Gasteiger partial charge in [0.05, 0.1) is 6.54 Å². The molecule has 0 aromatic heterocycles. The second-order valence-corrected chi connectivity index (χ2v) is 11.6. The van der Waals surface area contributed by atoms with E-state index in [-0.39, 0.29) is 23.8 Å². The van der Waals surface area contributed by atoms with Crippen molar-refractivity contribution in [1.29, 1.82) is 0 Å². The van der Waals surface area contributed by atoms with Crippen molar-refractivity contribution in [2.75, 3.05) is 38.1 Å². The molecule has 0 saturated carbocycles. The van der Waals surface area contributed by atoms with Crippen LogP contribution in [0.5, 0.6) is 5.75 Å². The summed E-state index contributed by atoms with van der Waals surface area (Å²) in [7, 11) is 0. The van der Waals surface area contributed by atoms with Gasteiger partial charge in [-0.1, -0.05) is 75.2 Å². The molecule has 2 aromatic carbocycles. The van der Waals surface area contributed by atoms with E-state index >= 15 is 0 Å². The van der Waals surface area contributed by atoms with Gasteiger partial charge in [0.15, 0.2) is 0 Å². The van der Waals surface area contributed by atoms with Crippen LogP contribution < -0.4 is 10.1 Å². The first-order valence-electron chi connectivity index (χ1n) is 13.3. The molecule has 1 N–H and O–H groups in total. The minimum Gasteiger partial charge on any atom is -0.489 e. The summed E-state index contributed by atoms with van der Waals surface area (Å²) in [4.78, 5) is 29.6. The number of alkyl halides is 1. The maximum absolute atomic E-state index is 12.8. The first kappa shape index (κ1) is 30.4. The monoisotopic (exact) mass is 647 g/mol. The molecule has 1 unspecified atom stereocenters. The van der Waals surface area contributed by atoms with Crippen LogP contribution in [0.3, 0.4) is 0 Å². The van der Waals surface area contributed by atoms with E-state index in [1.807, 2.05) is 41.3 Å². The second kappa shape index (κ2) is 15.4. The van der Waals surface area contributed by atoms with Crippen LogP contribution >= 0.6 is 31.9 Å². The normalized spacial score (nSPS) is 15.5. The number of halogens is 2. The zero-order valence-corrected chi connectivity index (χ0v) is 25.4. The van der Waals surface area contributed by atoms with Gasteiger partial charge in [-0.3, -0.25) is 14.5 Å². The number of piperazine rings is 1. The summed E-state index contributed by atoms with van der Waals surface area (Å²) in [6.45, 7) is 10.2. The summed E-state index contributed by atoms with van der Waals surface area (Å²) in [6.07, 6.45) is 4.88. The first-order valence-corrected chi connectivity index (χ1v) is 15.2. The molecule has 1 atom stereocenters. The number of hydrogen-bond donors (Lipinski definition) is 1. The number of nitrogens with zero attached hydrogens (tertiary/aromatic N) is 2. The molecule has 0 aliphatic carbocycles. The first-order chi connectivity index (χ1) is 18.4. The number of rotatable bonds is 14.